The Hall–Kier alpha value is -2.90. The summed E-state index contributed by atoms with van der Waals surface area (Å²) in [4.78, 5) is 53.2. The quantitative estimate of drug-likeness (QED) is 0.773. The maximum Gasteiger partial charge on any atom is 0.325 e. The first-order chi connectivity index (χ1) is 12.8. The minimum atomic E-state index is -1.14. The number of hydrogen-bond acceptors (Lipinski definition) is 4. The summed E-state index contributed by atoms with van der Waals surface area (Å²) in [6.45, 7) is 2.89. The van der Waals surface area contributed by atoms with Crippen molar-refractivity contribution < 1.29 is 19.2 Å². The van der Waals surface area contributed by atoms with E-state index in [0.29, 0.717) is 24.2 Å². The summed E-state index contributed by atoms with van der Waals surface area (Å²) in [7, 11) is 0. The third-order valence-electron chi connectivity index (χ3n) is 5.75. The first-order valence-electron chi connectivity index (χ1n) is 9.14. The van der Waals surface area contributed by atoms with E-state index in [0.717, 1.165) is 17.7 Å². The van der Waals surface area contributed by atoms with Gasteiger partial charge in [-0.25, -0.2) is 4.79 Å². The van der Waals surface area contributed by atoms with E-state index in [1.165, 1.54) is 4.90 Å². The molecule has 4 rings (SSSR count). The van der Waals surface area contributed by atoms with E-state index in [9.17, 15) is 19.2 Å². The molecule has 1 saturated heterocycles. The van der Waals surface area contributed by atoms with Crippen LogP contribution in [0.15, 0.2) is 24.3 Å². The van der Waals surface area contributed by atoms with Crippen molar-refractivity contribution >= 4 is 35.1 Å². The Morgan fingerprint density at radius 2 is 1.78 bits per heavy atom. The fourth-order valence-electron chi connectivity index (χ4n) is 4.24. The second-order valence-electron chi connectivity index (χ2n) is 7.87. The fourth-order valence-corrected chi connectivity index (χ4v) is 4.24. The van der Waals surface area contributed by atoms with Gasteiger partial charge in [0.2, 0.25) is 11.8 Å². The number of amides is 5. The molecule has 0 bridgehead atoms. The molecule has 2 N–H and O–H groups in total. The number of hydrogen-bond donors (Lipinski definition) is 2. The van der Waals surface area contributed by atoms with Crippen LogP contribution in [0.2, 0.25) is 0 Å². The molecular weight excluding hydrogens is 348 g/mol. The summed E-state index contributed by atoms with van der Waals surface area (Å²) < 4.78 is 0. The van der Waals surface area contributed by atoms with E-state index >= 15 is 0 Å². The zero-order chi connectivity index (χ0) is 19.4. The molecule has 0 unspecified atom stereocenters. The third kappa shape index (κ3) is 2.50. The van der Waals surface area contributed by atoms with Crippen LogP contribution in [0.5, 0.6) is 0 Å². The molecule has 8 nitrogen and oxygen atoms in total. The van der Waals surface area contributed by atoms with Crippen LogP contribution < -0.4 is 15.5 Å². The number of nitrogens with one attached hydrogen (secondary N) is 2. The second kappa shape index (κ2) is 5.80. The first-order valence-corrected chi connectivity index (χ1v) is 9.14. The van der Waals surface area contributed by atoms with Crippen LogP contribution in [0.3, 0.4) is 0 Å². The minimum absolute atomic E-state index is 0.320. The van der Waals surface area contributed by atoms with Gasteiger partial charge in [0, 0.05) is 0 Å². The highest BCUT2D eigenvalue weighted by molar-refractivity contribution is 6.16. The molecule has 2 aliphatic heterocycles. The number of urea groups is 1. The average molecular weight is 370 g/mol. The van der Waals surface area contributed by atoms with Gasteiger partial charge >= 0.3 is 6.03 Å². The molecule has 1 spiro atoms. The number of carbonyl (C=O) groups is 4. The van der Waals surface area contributed by atoms with E-state index in [-0.39, 0.29) is 11.8 Å². The number of anilines is 2. The van der Waals surface area contributed by atoms with Crippen LogP contribution in [0, 0.1) is 0 Å². The number of benzene rings is 1. The summed E-state index contributed by atoms with van der Waals surface area (Å²) in [6, 6.07) is 6.45. The van der Waals surface area contributed by atoms with Crippen LogP contribution in [0.4, 0.5) is 16.2 Å². The predicted octanol–water partition coefficient (Wildman–Crippen LogP) is 1.61. The van der Waals surface area contributed by atoms with Crippen LogP contribution in [-0.2, 0) is 14.4 Å². The molecule has 1 saturated carbocycles. The van der Waals surface area contributed by atoms with Gasteiger partial charge < -0.3 is 10.6 Å². The Morgan fingerprint density at radius 1 is 1.11 bits per heavy atom. The smallest absolute Gasteiger partial charge is 0.323 e. The normalized spacial score (nSPS) is 22.7. The minimum Gasteiger partial charge on any atom is -0.323 e. The molecule has 0 radical (unpaired) electrons. The van der Waals surface area contributed by atoms with Crippen molar-refractivity contribution in [3.05, 3.63) is 24.3 Å². The highest BCUT2D eigenvalue weighted by Crippen LogP contribution is 2.38. The van der Waals surface area contributed by atoms with Crippen molar-refractivity contribution in [2.45, 2.75) is 50.6 Å². The Kier molecular flexibility index (Phi) is 3.76. The topological polar surface area (TPSA) is 98.8 Å². The monoisotopic (exact) mass is 370 g/mol. The van der Waals surface area contributed by atoms with E-state index in [1.807, 2.05) is 0 Å². The lowest BCUT2D eigenvalue weighted by Gasteiger charge is -2.42. The molecule has 1 aromatic rings. The largest absolute Gasteiger partial charge is 0.325 e. The molecule has 1 aliphatic carbocycles. The number of carbonyl (C=O) groups excluding carboxylic acids is 4. The van der Waals surface area contributed by atoms with Crippen LogP contribution in [0.1, 0.15) is 39.5 Å². The maximum absolute atomic E-state index is 13.1. The van der Waals surface area contributed by atoms with E-state index < -0.39 is 29.6 Å². The highest BCUT2D eigenvalue weighted by atomic mass is 16.2. The van der Waals surface area contributed by atoms with Gasteiger partial charge in [-0.1, -0.05) is 25.0 Å². The molecule has 2 fully saturated rings. The van der Waals surface area contributed by atoms with Crippen LogP contribution in [-0.4, -0.2) is 46.3 Å². The Labute approximate surface area is 156 Å². The predicted molar refractivity (Wildman–Crippen MR) is 98.1 cm³/mol. The summed E-state index contributed by atoms with van der Waals surface area (Å²) in [5.41, 5.74) is -0.922. The Balaban J connectivity index is 1.64. The standard InChI is InChI=1S/C19H22N4O4/c1-18(2)15(25)20-12-7-3-4-8-13(12)23(18)14(24)11-22-16(26)19(21-17(22)27)9-5-6-10-19/h3-4,7-8H,5-6,9-11H2,1-2H3,(H,20,25)(H,21,27). The van der Waals surface area contributed by atoms with E-state index in [1.54, 1.807) is 38.1 Å². The number of nitrogens with zero attached hydrogens (tertiary/aromatic N) is 2. The molecule has 0 aromatic heterocycles. The van der Waals surface area contributed by atoms with Gasteiger partial charge in [0.25, 0.3) is 5.91 Å². The van der Waals surface area contributed by atoms with Gasteiger partial charge in [-0.3, -0.25) is 24.2 Å². The molecule has 8 heteroatoms. The summed E-state index contributed by atoms with van der Waals surface area (Å²) in [5, 5.41) is 5.57. The van der Waals surface area contributed by atoms with Gasteiger partial charge in [-0.15, -0.1) is 0 Å². The summed E-state index contributed by atoms with van der Waals surface area (Å²) >= 11 is 0. The number of fused-ring (bicyclic) bond motifs is 1. The van der Waals surface area contributed by atoms with Crippen molar-refractivity contribution in [3.63, 3.8) is 0 Å². The van der Waals surface area contributed by atoms with Crippen molar-refractivity contribution in [2.24, 2.45) is 0 Å². The molecule has 5 amide bonds. The Bertz CT molecular complexity index is 857. The van der Waals surface area contributed by atoms with Crippen molar-refractivity contribution in [2.75, 3.05) is 16.8 Å². The van der Waals surface area contributed by atoms with Crippen LogP contribution >= 0.6 is 0 Å². The molecule has 142 valence electrons. The molecule has 1 aromatic carbocycles. The van der Waals surface area contributed by atoms with Crippen molar-refractivity contribution in [1.82, 2.24) is 10.2 Å². The van der Waals surface area contributed by atoms with E-state index in [2.05, 4.69) is 10.6 Å². The lowest BCUT2D eigenvalue weighted by molar-refractivity contribution is -0.134. The summed E-state index contributed by atoms with van der Waals surface area (Å²) in [6.07, 6.45) is 2.95. The van der Waals surface area contributed by atoms with Gasteiger partial charge in [0.05, 0.1) is 11.4 Å². The number of para-hydroxylation sites is 2. The molecule has 27 heavy (non-hydrogen) atoms. The fraction of sp³-hybridized carbons (Fsp3) is 0.474. The van der Waals surface area contributed by atoms with Gasteiger partial charge in [0.15, 0.2) is 0 Å². The zero-order valence-corrected chi connectivity index (χ0v) is 15.4. The molecular formula is C19H22N4O4. The number of rotatable bonds is 2. The van der Waals surface area contributed by atoms with E-state index in [4.69, 9.17) is 0 Å². The summed E-state index contributed by atoms with van der Waals surface area (Å²) in [5.74, 6) is -1.13. The van der Waals surface area contributed by atoms with Crippen molar-refractivity contribution in [1.29, 1.82) is 0 Å². The third-order valence-corrected chi connectivity index (χ3v) is 5.75. The van der Waals surface area contributed by atoms with Gasteiger partial charge in [0.1, 0.15) is 17.6 Å². The van der Waals surface area contributed by atoms with Crippen molar-refractivity contribution in [3.8, 4) is 0 Å². The molecule has 2 heterocycles. The first kappa shape index (κ1) is 17.5. The highest BCUT2D eigenvalue weighted by Gasteiger charge is 2.53. The lowest BCUT2D eigenvalue weighted by atomic mass is 9.96. The lowest BCUT2D eigenvalue weighted by Crippen LogP contribution is -2.60. The zero-order valence-electron chi connectivity index (χ0n) is 15.4. The number of imide groups is 1. The van der Waals surface area contributed by atoms with Gasteiger partial charge in [-0.2, -0.15) is 0 Å². The van der Waals surface area contributed by atoms with Crippen LogP contribution in [0.25, 0.3) is 0 Å². The maximum atomic E-state index is 13.1. The van der Waals surface area contributed by atoms with Gasteiger partial charge in [-0.05, 0) is 38.8 Å². The Morgan fingerprint density at radius 3 is 2.48 bits per heavy atom. The average Bonchev–Trinajstić information content (AvgIpc) is 3.17. The second-order valence-corrected chi connectivity index (χ2v) is 7.87. The SMILES string of the molecule is CC1(C)C(=O)Nc2ccccc2N1C(=O)CN1C(=O)NC2(CCCC2)C1=O. The molecule has 0 atom stereocenters. The molecule has 3 aliphatic rings.